The molecule has 2 rings (SSSR count). The lowest BCUT2D eigenvalue weighted by Gasteiger charge is -2.14. The van der Waals surface area contributed by atoms with Crippen molar-refractivity contribution in [1.82, 2.24) is 0 Å². The first kappa shape index (κ1) is 14.5. The molecule has 5 heteroatoms. The predicted molar refractivity (Wildman–Crippen MR) is 84.1 cm³/mol. The lowest BCUT2D eigenvalue weighted by Crippen LogP contribution is -2.09. The van der Waals surface area contributed by atoms with Crippen LogP contribution in [0.2, 0.25) is 0 Å². The minimum Gasteiger partial charge on any atom is -0.384 e. The smallest absolute Gasteiger partial charge is 0.285 e. The van der Waals surface area contributed by atoms with Gasteiger partial charge in [0.2, 0.25) is 0 Å². The topological polar surface area (TPSA) is 55.2 Å². The summed E-state index contributed by atoms with van der Waals surface area (Å²) in [6.45, 7) is 2.85. The Morgan fingerprint density at radius 2 is 1.95 bits per heavy atom. The Hall–Kier alpha value is -1.88. The third-order valence-corrected chi connectivity index (χ3v) is 3.79. The zero-order valence-corrected chi connectivity index (χ0v) is 12.6. The van der Waals surface area contributed by atoms with Gasteiger partial charge >= 0.3 is 0 Å². The molecular weight excluding hydrogens is 320 g/mol. The van der Waals surface area contributed by atoms with Crippen LogP contribution in [0.25, 0.3) is 0 Å². The van der Waals surface area contributed by atoms with E-state index in [9.17, 15) is 10.1 Å². The van der Waals surface area contributed by atoms with E-state index in [0.717, 1.165) is 12.2 Å². The average Bonchev–Trinajstić information content (AvgIpc) is 2.46. The summed E-state index contributed by atoms with van der Waals surface area (Å²) in [5.41, 5.74) is 2.07. The number of nitro groups is 1. The molecule has 4 nitrogen and oxygen atoms in total. The van der Waals surface area contributed by atoms with Gasteiger partial charge < -0.3 is 5.32 Å². The van der Waals surface area contributed by atoms with Gasteiger partial charge in [0.15, 0.2) is 0 Å². The highest BCUT2D eigenvalue weighted by Crippen LogP contribution is 2.28. The predicted octanol–water partition coefficient (Wildman–Crippen LogP) is 4.57. The van der Waals surface area contributed by atoms with E-state index in [1.54, 1.807) is 12.1 Å². The molecule has 0 spiro atoms. The maximum absolute atomic E-state index is 10.9. The van der Waals surface area contributed by atoms with Crippen LogP contribution in [0.1, 0.15) is 18.4 Å². The SMILES string of the molecule is CC(CNc1ccc(Br)c([N+](=O)[O-])c1)c1ccccc1. The molecule has 0 amide bonds. The zero-order valence-electron chi connectivity index (χ0n) is 11.0. The van der Waals surface area contributed by atoms with Crippen LogP contribution < -0.4 is 5.32 Å². The maximum atomic E-state index is 10.9. The van der Waals surface area contributed by atoms with Crippen LogP contribution in [0.4, 0.5) is 11.4 Å². The van der Waals surface area contributed by atoms with Gasteiger partial charge in [-0.15, -0.1) is 0 Å². The van der Waals surface area contributed by atoms with Crippen molar-refractivity contribution in [1.29, 1.82) is 0 Å². The highest BCUT2D eigenvalue weighted by atomic mass is 79.9. The zero-order chi connectivity index (χ0) is 14.5. The highest BCUT2D eigenvalue weighted by molar-refractivity contribution is 9.10. The Labute approximate surface area is 126 Å². The van der Waals surface area contributed by atoms with Crippen LogP contribution in [0.5, 0.6) is 0 Å². The van der Waals surface area contributed by atoms with E-state index in [1.807, 2.05) is 24.3 Å². The van der Waals surface area contributed by atoms with Crippen LogP contribution in [0.15, 0.2) is 53.0 Å². The molecule has 104 valence electrons. The molecule has 0 aromatic heterocycles. The summed E-state index contributed by atoms with van der Waals surface area (Å²) in [5.74, 6) is 0.332. The van der Waals surface area contributed by atoms with Crippen LogP contribution >= 0.6 is 15.9 Å². The van der Waals surface area contributed by atoms with Gasteiger partial charge in [0, 0.05) is 18.3 Å². The van der Waals surface area contributed by atoms with Gasteiger partial charge in [-0.3, -0.25) is 10.1 Å². The Morgan fingerprint density at radius 3 is 2.60 bits per heavy atom. The molecule has 0 aliphatic rings. The van der Waals surface area contributed by atoms with Crippen molar-refractivity contribution < 1.29 is 4.92 Å². The van der Waals surface area contributed by atoms with Crippen molar-refractivity contribution in [2.45, 2.75) is 12.8 Å². The first-order valence-electron chi connectivity index (χ1n) is 6.30. The summed E-state index contributed by atoms with van der Waals surface area (Å²) in [6, 6.07) is 15.2. The summed E-state index contributed by atoms with van der Waals surface area (Å²) in [7, 11) is 0. The Kier molecular flexibility index (Phi) is 4.74. The first-order valence-corrected chi connectivity index (χ1v) is 7.10. The molecule has 2 aromatic carbocycles. The number of benzene rings is 2. The molecule has 0 fully saturated rings. The fourth-order valence-electron chi connectivity index (χ4n) is 1.93. The molecular formula is C15H15BrN2O2. The molecule has 0 aliphatic heterocycles. The monoisotopic (exact) mass is 334 g/mol. The van der Waals surface area contributed by atoms with Gasteiger partial charge in [-0.1, -0.05) is 37.3 Å². The number of nitrogens with zero attached hydrogens (tertiary/aromatic N) is 1. The van der Waals surface area contributed by atoms with Crippen molar-refractivity contribution in [2.24, 2.45) is 0 Å². The van der Waals surface area contributed by atoms with E-state index >= 15 is 0 Å². The second kappa shape index (κ2) is 6.52. The number of rotatable bonds is 5. The molecule has 1 atom stereocenters. The Bertz CT molecular complexity index is 602. The number of nitrogens with one attached hydrogen (secondary N) is 1. The standard InChI is InChI=1S/C15H15BrN2O2/c1-11(12-5-3-2-4-6-12)10-17-13-7-8-14(16)15(9-13)18(19)20/h2-9,11,17H,10H2,1H3. The van der Waals surface area contributed by atoms with Gasteiger partial charge in [-0.25, -0.2) is 0 Å². The molecule has 20 heavy (non-hydrogen) atoms. The van der Waals surface area contributed by atoms with E-state index in [4.69, 9.17) is 0 Å². The molecule has 0 bridgehead atoms. The molecule has 1 unspecified atom stereocenters. The number of anilines is 1. The summed E-state index contributed by atoms with van der Waals surface area (Å²) in [5, 5.41) is 14.1. The Morgan fingerprint density at radius 1 is 1.25 bits per heavy atom. The average molecular weight is 335 g/mol. The van der Waals surface area contributed by atoms with Gasteiger partial charge in [-0.05, 0) is 39.5 Å². The third kappa shape index (κ3) is 3.57. The molecule has 0 saturated carbocycles. The Balaban J connectivity index is 2.04. The molecule has 0 radical (unpaired) electrons. The van der Waals surface area contributed by atoms with E-state index < -0.39 is 4.92 Å². The van der Waals surface area contributed by atoms with Crippen LogP contribution in [-0.4, -0.2) is 11.5 Å². The van der Waals surface area contributed by atoms with Gasteiger partial charge in [-0.2, -0.15) is 0 Å². The lowest BCUT2D eigenvalue weighted by molar-refractivity contribution is -0.385. The summed E-state index contributed by atoms with van der Waals surface area (Å²) in [6.07, 6.45) is 0. The first-order chi connectivity index (χ1) is 9.58. The van der Waals surface area contributed by atoms with Crippen LogP contribution in [0, 0.1) is 10.1 Å². The fraction of sp³-hybridized carbons (Fsp3) is 0.200. The summed E-state index contributed by atoms with van der Waals surface area (Å²) >= 11 is 3.18. The van der Waals surface area contributed by atoms with Crippen molar-refractivity contribution >= 4 is 27.3 Å². The molecule has 0 aliphatic carbocycles. The third-order valence-electron chi connectivity index (χ3n) is 3.12. The van der Waals surface area contributed by atoms with Crippen molar-refractivity contribution in [3.63, 3.8) is 0 Å². The lowest BCUT2D eigenvalue weighted by atomic mass is 10.0. The fourth-order valence-corrected chi connectivity index (χ4v) is 2.32. The number of hydrogen-bond acceptors (Lipinski definition) is 3. The van der Waals surface area contributed by atoms with Crippen LogP contribution in [-0.2, 0) is 0 Å². The van der Waals surface area contributed by atoms with E-state index in [1.165, 1.54) is 5.56 Å². The molecule has 2 aromatic rings. The van der Waals surface area contributed by atoms with Crippen molar-refractivity contribution in [3.8, 4) is 0 Å². The molecule has 0 saturated heterocycles. The number of hydrogen-bond donors (Lipinski definition) is 1. The van der Waals surface area contributed by atoms with Crippen molar-refractivity contribution in [2.75, 3.05) is 11.9 Å². The van der Waals surface area contributed by atoms with Crippen molar-refractivity contribution in [3.05, 3.63) is 68.7 Å². The van der Waals surface area contributed by atoms with Gasteiger partial charge in [0.1, 0.15) is 0 Å². The van der Waals surface area contributed by atoms with Gasteiger partial charge in [0.25, 0.3) is 5.69 Å². The summed E-state index contributed by atoms with van der Waals surface area (Å²) < 4.78 is 0.490. The van der Waals surface area contributed by atoms with Gasteiger partial charge in [0.05, 0.1) is 9.40 Å². The van der Waals surface area contributed by atoms with E-state index in [-0.39, 0.29) is 5.69 Å². The van der Waals surface area contributed by atoms with E-state index in [2.05, 4.69) is 40.3 Å². The number of halogens is 1. The van der Waals surface area contributed by atoms with E-state index in [0.29, 0.717) is 10.4 Å². The molecule has 0 heterocycles. The minimum atomic E-state index is -0.393. The summed E-state index contributed by atoms with van der Waals surface area (Å²) in [4.78, 5) is 10.5. The van der Waals surface area contributed by atoms with Crippen LogP contribution in [0.3, 0.4) is 0 Å². The number of nitro benzene ring substituents is 1. The maximum Gasteiger partial charge on any atom is 0.285 e. The second-order valence-corrected chi connectivity index (χ2v) is 5.47. The molecule has 1 N–H and O–H groups in total. The minimum absolute atomic E-state index is 0.0716. The quantitative estimate of drug-likeness (QED) is 0.643. The largest absolute Gasteiger partial charge is 0.384 e. The highest BCUT2D eigenvalue weighted by Gasteiger charge is 2.12. The second-order valence-electron chi connectivity index (χ2n) is 4.62. The normalized spacial score (nSPS) is 11.9.